The highest BCUT2D eigenvalue weighted by Crippen LogP contribution is 2.16. The van der Waals surface area contributed by atoms with Gasteiger partial charge >= 0.3 is 0 Å². The molecule has 0 radical (unpaired) electrons. The SMILES string of the molecule is NC(Cc1ccc(F)c(F)c1)c1ccc(F)cn1. The Bertz CT molecular complexity index is 540. The van der Waals surface area contributed by atoms with Gasteiger partial charge in [0.2, 0.25) is 0 Å². The van der Waals surface area contributed by atoms with Gasteiger partial charge in [0.1, 0.15) is 5.82 Å². The molecule has 0 spiro atoms. The van der Waals surface area contributed by atoms with Crippen molar-refractivity contribution in [2.45, 2.75) is 12.5 Å². The summed E-state index contributed by atoms with van der Waals surface area (Å²) < 4.78 is 38.4. The summed E-state index contributed by atoms with van der Waals surface area (Å²) in [5.74, 6) is -2.25. The molecule has 0 fully saturated rings. The zero-order valence-corrected chi connectivity index (χ0v) is 9.41. The van der Waals surface area contributed by atoms with E-state index >= 15 is 0 Å². The molecule has 0 amide bonds. The molecule has 2 rings (SSSR count). The third kappa shape index (κ3) is 2.87. The maximum Gasteiger partial charge on any atom is 0.159 e. The summed E-state index contributed by atoms with van der Waals surface area (Å²) in [6.45, 7) is 0. The minimum Gasteiger partial charge on any atom is -0.322 e. The van der Waals surface area contributed by atoms with E-state index in [1.54, 1.807) is 0 Å². The van der Waals surface area contributed by atoms with Gasteiger partial charge in [0.15, 0.2) is 11.6 Å². The molecule has 0 bridgehead atoms. The van der Waals surface area contributed by atoms with E-state index in [0.717, 1.165) is 18.3 Å². The Hall–Kier alpha value is -1.88. The molecular formula is C13H11F3N2. The van der Waals surface area contributed by atoms with Crippen LogP contribution in [-0.4, -0.2) is 4.98 Å². The first-order chi connectivity index (χ1) is 8.56. The second kappa shape index (κ2) is 5.18. The molecule has 18 heavy (non-hydrogen) atoms. The van der Waals surface area contributed by atoms with Crippen molar-refractivity contribution >= 4 is 0 Å². The largest absolute Gasteiger partial charge is 0.322 e. The molecule has 0 saturated carbocycles. The van der Waals surface area contributed by atoms with Crippen molar-refractivity contribution in [2.24, 2.45) is 5.73 Å². The lowest BCUT2D eigenvalue weighted by molar-refractivity contribution is 0.506. The number of hydrogen-bond donors (Lipinski definition) is 1. The van der Waals surface area contributed by atoms with Crippen molar-refractivity contribution in [1.82, 2.24) is 4.98 Å². The number of pyridine rings is 1. The van der Waals surface area contributed by atoms with Gasteiger partial charge in [-0.05, 0) is 36.2 Å². The molecular weight excluding hydrogens is 241 g/mol. The highest BCUT2D eigenvalue weighted by molar-refractivity contribution is 5.21. The second-order valence-electron chi connectivity index (χ2n) is 3.96. The monoisotopic (exact) mass is 252 g/mol. The lowest BCUT2D eigenvalue weighted by Crippen LogP contribution is -2.15. The van der Waals surface area contributed by atoms with Gasteiger partial charge in [-0.3, -0.25) is 4.98 Å². The van der Waals surface area contributed by atoms with E-state index in [1.165, 1.54) is 18.2 Å². The quantitative estimate of drug-likeness (QED) is 0.912. The predicted molar refractivity (Wildman–Crippen MR) is 61.2 cm³/mol. The molecule has 2 aromatic rings. The van der Waals surface area contributed by atoms with Crippen molar-refractivity contribution < 1.29 is 13.2 Å². The minimum absolute atomic E-state index is 0.301. The predicted octanol–water partition coefficient (Wildman–Crippen LogP) is 2.74. The molecule has 5 heteroatoms. The van der Waals surface area contributed by atoms with Crippen LogP contribution in [0, 0.1) is 17.5 Å². The third-order valence-corrected chi connectivity index (χ3v) is 2.57. The first-order valence-corrected chi connectivity index (χ1v) is 5.37. The number of hydrogen-bond acceptors (Lipinski definition) is 2. The first kappa shape index (κ1) is 12.6. The molecule has 2 N–H and O–H groups in total. The van der Waals surface area contributed by atoms with Gasteiger partial charge in [0, 0.05) is 0 Å². The van der Waals surface area contributed by atoms with E-state index in [4.69, 9.17) is 5.73 Å². The molecule has 0 aliphatic rings. The van der Waals surface area contributed by atoms with Crippen molar-refractivity contribution in [3.63, 3.8) is 0 Å². The standard InChI is InChI=1S/C13H11F3N2/c14-9-2-4-13(18-7-9)12(17)6-8-1-3-10(15)11(16)5-8/h1-5,7,12H,6,17H2. The lowest BCUT2D eigenvalue weighted by atomic mass is 10.0. The van der Waals surface area contributed by atoms with E-state index in [9.17, 15) is 13.2 Å². The smallest absolute Gasteiger partial charge is 0.159 e. The van der Waals surface area contributed by atoms with Gasteiger partial charge in [-0.15, -0.1) is 0 Å². The summed E-state index contributed by atoms with van der Waals surface area (Å²) in [6.07, 6.45) is 1.37. The van der Waals surface area contributed by atoms with Crippen LogP contribution in [0.5, 0.6) is 0 Å². The summed E-state index contributed by atoms with van der Waals surface area (Å²) in [4.78, 5) is 3.85. The Morgan fingerprint density at radius 2 is 1.83 bits per heavy atom. The van der Waals surface area contributed by atoms with Crippen molar-refractivity contribution in [3.8, 4) is 0 Å². The fraction of sp³-hybridized carbons (Fsp3) is 0.154. The van der Waals surface area contributed by atoms with E-state index in [2.05, 4.69) is 4.98 Å². The number of benzene rings is 1. The summed E-state index contributed by atoms with van der Waals surface area (Å²) in [5, 5.41) is 0. The summed E-state index contributed by atoms with van der Waals surface area (Å²) in [5.41, 5.74) is 6.93. The molecule has 0 aliphatic carbocycles. The Morgan fingerprint density at radius 1 is 1.06 bits per heavy atom. The van der Waals surface area contributed by atoms with E-state index in [0.29, 0.717) is 17.7 Å². The number of nitrogens with zero attached hydrogens (tertiary/aromatic N) is 1. The number of rotatable bonds is 3. The van der Waals surface area contributed by atoms with E-state index < -0.39 is 23.5 Å². The van der Waals surface area contributed by atoms with Crippen LogP contribution >= 0.6 is 0 Å². The molecule has 2 nitrogen and oxygen atoms in total. The highest BCUT2D eigenvalue weighted by Gasteiger charge is 2.10. The topological polar surface area (TPSA) is 38.9 Å². The molecule has 0 saturated heterocycles. The molecule has 1 heterocycles. The van der Waals surface area contributed by atoms with Crippen molar-refractivity contribution in [1.29, 1.82) is 0 Å². The number of halogens is 3. The van der Waals surface area contributed by atoms with Crippen LogP contribution in [0.1, 0.15) is 17.3 Å². The molecule has 1 unspecified atom stereocenters. The fourth-order valence-electron chi connectivity index (χ4n) is 1.63. The van der Waals surface area contributed by atoms with Crippen LogP contribution in [0.15, 0.2) is 36.5 Å². The summed E-state index contributed by atoms with van der Waals surface area (Å²) in [6, 6.07) is 5.85. The van der Waals surface area contributed by atoms with Gasteiger partial charge in [-0.2, -0.15) is 0 Å². The molecule has 0 aliphatic heterocycles. The highest BCUT2D eigenvalue weighted by atomic mass is 19.2. The second-order valence-corrected chi connectivity index (χ2v) is 3.96. The van der Waals surface area contributed by atoms with Gasteiger partial charge < -0.3 is 5.73 Å². The fourth-order valence-corrected chi connectivity index (χ4v) is 1.63. The zero-order valence-electron chi connectivity index (χ0n) is 9.41. The van der Waals surface area contributed by atoms with Crippen LogP contribution < -0.4 is 5.73 Å². The zero-order chi connectivity index (χ0) is 13.1. The van der Waals surface area contributed by atoms with Gasteiger partial charge in [0.25, 0.3) is 0 Å². The third-order valence-electron chi connectivity index (χ3n) is 2.57. The number of nitrogens with two attached hydrogens (primary N) is 1. The van der Waals surface area contributed by atoms with Gasteiger partial charge in [0.05, 0.1) is 17.9 Å². The maximum absolute atomic E-state index is 13.0. The Balaban J connectivity index is 2.13. The molecule has 1 aromatic carbocycles. The van der Waals surface area contributed by atoms with Crippen LogP contribution in [0.25, 0.3) is 0 Å². The first-order valence-electron chi connectivity index (χ1n) is 5.37. The molecule has 94 valence electrons. The van der Waals surface area contributed by atoms with Crippen LogP contribution in [0.3, 0.4) is 0 Å². The Morgan fingerprint density at radius 3 is 2.44 bits per heavy atom. The summed E-state index contributed by atoms with van der Waals surface area (Å²) >= 11 is 0. The van der Waals surface area contributed by atoms with Gasteiger partial charge in [-0.1, -0.05) is 6.07 Å². The molecule has 1 aromatic heterocycles. The Kier molecular flexibility index (Phi) is 3.62. The van der Waals surface area contributed by atoms with Crippen LogP contribution in [-0.2, 0) is 6.42 Å². The van der Waals surface area contributed by atoms with E-state index in [-0.39, 0.29) is 0 Å². The van der Waals surface area contributed by atoms with E-state index in [1.807, 2.05) is 0 Å². The lowest BCUT2D eigenvalue weighted by Gasteiger charge is -2.11. The van der Waals surface area contributed by atoms with Crippen LogP contribution in [0.4, 0.5) is 13.2 Å². The average molecular weight is 252 g/mol. The minimum atomic E-state index is -0.910. The van der Waals surface area contributed by atoms with Gasteiger partial charge in [-0.25, -0.2) is 13.2 Å². The molecule has 1 atom stereocenters. The average Bonchev–Trinajstić information content (AvgIpc) is 2.34. The summed E-state index contributed by atoms with van der Waals surface area (Å²) in [7, 11) is 0. The van der Waals surface area contributed by atoms with Crippen molar-refractivity contribution in [3.05, 3.63) is 65.2 Å². The number of aromatic nitrogens is 1. The van der Waals surface area contributed by atoms with Crippen molar-refractivity contribution in [2.75, 3.05) is 0 Å². The van der Waals surface area contributed by atoms with Crippen LogP contribution in [0.2, 0.25) is 0 Å². The normalized spacial score (nSPS) is 12.4. The Labute approximate surface area is 102 Å². The maximum atomic E-state index is 13.0.